The second-order valence-electron chi connectivity index (χ2n) is 6.50. The summed E-state index contributed by atoms with van der Waals surface area (Å²) >= 11 is 0. The molecule has 3 rings (SSSR count). The zero-order valence-corrected chi connectivity index (χ0v) is 15.5. The Bertz CT molecular complexity index is 874. The molecule has 0 atom stereocenters. The van der Waals surface area contributed by atoms with Gasteiger partial charge in [-0.2, -0.15) is 0 Å². The number of amides is 1. The lowest BCUT2D eigenvalue weighted by molar-refractivity contribution is -0.110. The Kier molecular flexibility index (Phi) is 5.74. The third-order valence-corrected chi connectivity index (χ3v) is 4.42. The van der Waals surface area contributed by atoms with Crippen molar-refractivity contribution in [3.8, 4) is 0 Å². The maximum Gasteiger partial charge on any atom is 0.257 e. The van der Waals surface area contributed by atoms with Crippen molar-refractivity contribution >= 4 is 28.5 Å². The minimum atomic E-state index is -0.412. The number of nitrogens with one attached hydrogen (secondary N) is 2. The van der Waals surface area contributed by atoms with Crippen LogP contribution in [0.5, 0.6) is 0 Å². The van der Waals surface area contributed by atoms with E-state index in [9.17, 15) is 13.6 Å². The lowest BCUT2D eigenvalue weighted by Crippen LogP contribution is -2.25. The second-order valence-corrected chi connectivity index (χ2v) is 6.50. The highest BCUT2D eigenvalue weighted by atomic mass is 19.1. The van der Waals surface area contributed by atoms with E-state index in [2.05, 4.69) is 24.5 Å². The van der Waals surface area contributed by atoms with Crippen molar-refractivity contribution < 1.29 is 13.6 Å². The van der Waals surface area contributed by atoms with E-state index in [0.717, 1.165) is 25.9 Å². The molecule has 142 valence electrons. The maximum absolute atomic E-state index is 14.6. The Labute approximate surface area is 157 Å². The van der Waals surface area contributed by atoms with E-state index in [1.54, 1.807) is 18.2 Å². The van der Waals surface area contributed by atoms with Gasteiger partial charge in [0.25, 0.3) is 5.91 Å². The molecule has 6 heteroatoms. The van der Waals surface area contributed by atoms with Crippen molar-refractivity contribution in [1.29, 1.82) is 0 Å². The number of halogens is 2. The molecule has 0 saturated carbocycles. The minimum Gasteiger partial charge on any atom is -0.369 e. The van der Waals surface area contributed by atoms with Gasteiger partial charge in [-0.05, 0) is 49.2 Å². The molecular formula is C21H23F2N3O. The van der Waals surface area contributed by atoms with E-state index in [-0.39, 0.29) is 11.7 Å². The van der Waals surface area contributed by atoms with Crippen molar-refractivity contribution in [2.75, 3.05) is 28.6 Å². The van der Waals surface area contributed by atoms with Crippen LogP contribution in [0.15, 0.2) is 42.6 Å². The molecular weight excluding hydrogens is 348 g/mol. The molecule has 0 spiro atoms. The van der Waals surface area contributed by atoms with Crippen LogP contribution in [-0.2, 0) is 4.79 Å². The van der Waals surface area contributed by atoms with Crippen LogP contribution < -0.4 is 15.5 Å². The third-order valence-electron chi connectivity index (χ3n) is 4.42. The molecule has 0 saturated heterocycles. The van der Waals surface area contributed by atoms with Crippen LogP contribution in [0.4, 0.5) is 25.8 Å². The molecule has 0 fully saturated rings. The van der Waals surface area contributed by atoms with Gasteiger partial charge in [-0.15, -0.1) is 0 Å². The fourth-order valence-corrected chi connectivity index (χ4v) is 3.21. The van der Waals surface area contributed by atoms with Gasteiger partial charge in [0.2, 0.25) is 0 Å². The molecule has 1 amide bonds. The second kappa shape index (κ2) is 8.20. The van der Waals surface area contributed by atoms with E-state index in [1.807, 2.05) is 4.90 Å². The largest absolute Gasteiger partial charge is 0.369 e. The summed E-state index contributed by atoms with van der Waals surface area (Å²) in [6.07, 6.45) is 3.41. The third kappa shape index (κ3) is 4.10. The normalized spacial score (nSPS) is 14.2. The number of hydrogen-bond donors (Lipinski definition) is 2. The van der Waals surface area contributed by atoms with E-state index in [4.69, 9.17) is 0 Å². The van der Waals surface area contributed by atoms with Crippen molar-refractivity contribution in [2.24, 2.45) is 0 Å². The van der Waals surface area contributed by atoms with Crippen LogP contribution in [-0.4, -0.2) is 19.0 Å². The van der Waals surface area contributed by atoms with Crippen molar-refractivity contribution in [1.82, 2.24) is 0 Å². The highest BCUT2D eigenvalue weighted by Gasteiger charge is 2.24. The Morgan fingerprint density at radius 3 is 2.48 bits per heavy atom. The predicted molar refractivity (Wildman–Crippen MR) is 106 cm³/mol. The van der Waals surface area contributed by atoms with E-state index >= 15 is 0 Å². The molecule has 0 aromatic heterocycles. The molecule has 0 radical (unpaired) electrons. The summed E-state index contributed by atoms with van der Waals surface area (Å²) < 4.78 is 27.9. The lowest BCUT2D eigenvalue weighted by Gasteiger charge is -2.24. The van der Waals surface area contributed by atoms with Gasteiger partial charge < -0.3 is 15.5 Å². The first-order valence-electron chi connectivity index (χ1n) is 9.16. The first kappa shape index (κ1) is 18.9. The smallest absolute Gasteiger partial charge is 0.257 e. The molecule has 0 aliphatic carbocycles. The average molecular weight is 371 g/mol. The van der Waals surface area contributed by atoms with Gasteiger partial charge in [0.15, 0.2) is 0 Å². The summed E-state index contributed by atoms with van der Waals surface area (Å²) in [4.78, 5) is 14.1. The fraction of sp³-hybridized carbons (Fsp3) is 0.286. The highest BCUT2D eigenvalue weighted by molar-refractivity contribution is 6.31. The molecule has 1 heterocycles. The minimum absolute atomic E-state index is 0.307. The van der Waals surface area contributed by atoms with Crippen LogP contribution >= 0.6 is 0 Å². The van der Waals surface area contributed by atoms with Crippen LogP contribution in [0.3, 0.4) is 0 Å². The predicted octanol–water partition coefficient (Wildman–Crippen LogP) is 5.00. The summed E-state index contributed by atoms with van der Waals surface area (Å²) in [5.41, 5.74) is 2.55. The number of carbonyl (C=O) groups excluding carboxylic acids is 1. The van der Waals surface area contributed by atoms with Gasteiger partial charge in [-0.1, -0.05) is 13.8 Å². The van der Waals surface area contributed by atoms with Gasteiger partial charge >= 0.3 is 0 Å². The molecule has 2 aromatic carbocycles. The van der Waals surface area contributed by atoms with E-state index in [0.29, 0.717) is 28.2 Å². The molecule has 2 aromatic rings. The van der Waals surface area contributed by atoms with Gasteiger partial charge in [0.05, 0.1) is 16.9 Å². The van der Waals surface area contributed by atoms with Gasteiger partial charge in [0.1, 0.15) is 11.6 Å². The van der Waals surface area contributed by atoms with Crippen LogP contribution in [0, 0.1) is 11.6 Å². The van der Waals surface area contributed by atoms with Gasteiger partial charge in [-0.3, -0.25) is 4.79 Å². The monoisotopic (exact) mass is 371 g/mol. The number of rotatable bonds is 7. The zero-order chi connectivity index (χ0) is 19.4. The van der Waals surface area contributed by atoms with Crippen LogP contribution in [0.1, 0.15) is 32.3 Å². The summed E-state index contributed by atoms with van der Waals surface area (Å²) in [5, 5.41) is 5.59. The molecule has 0 unspecified atom stereocenters. The van der Waals surface area contributed by atoms with Crippen molar-refractivity contribution in [2.45, 2.75) is 26.7 Å². The number of benzene rings is 2. The lowest BCUT2D eigenvalue weighted by atomic mass is 10.1. The fourth-order valence-electron chi connectivity index (χ4n) is 3.21. The van der Waals surface area contributed by atoms with Crippen LogP contribution in [0.25, 0.3) is 5.57 Å². The van der Waals surface area contributed by atoms with Crippen molar-refractivity contribution in [3.63, 3.8) is 0 Å². The Morgan fingerprint density at radius 1 is 1.07 bits per heavy atom. The molecule has 27 heavy (non-hydrogen) atoms. The number of carbonyl (C=O) groups is 1. The summed E-state index contributed by atoms with van der Waals surface area (Å²) in [6, 6.07) is 9.08. The van der Waals surface area contributed by atoms with Crippen molar-refractivity contribution in [3.05, 3.63) is 59.8 Å². The van der Waals surface area contributed by atoms with Crippen LogP contribution in [0.2, 0.25) is 0 Å². The number of anilines is 3. The zero-order valence-electron chi connectivity index (χ0n) is 15.5. The standard InChI is InChI=1S/C21H23F2N3O/c1-3-9-26(10-4-2)20-8-6-15(12-18(20)23)24-13-17-16-7-5-14(22)11-19(16)25-21(17)27/h5-8,11-13,24H,3-4,9-10H2,1-2H3,(H,25,27)/b17-13+. The summed E-state index contributed by atoms with van der Waals surface area (Å²) in [5.74, 6) is -1.04. The first-order chi connectivity index (χ1) is 13.0. The first-order valence-corrected chi connectivity index (χ1v) is 9.16. The average Bonchev–Trinajstić information content (AvgIpc) is 2.94. The molecule has 1 aliphatic rings. The van der Waals surface area contributed by atoms with E-state index in [1.165, 1.54) is 24.4 Å². The SMILES string of the molecule is CCCN(CCC)c1ccc(N/C=C2/C(=O)Nc3cc(F)ccc32)cc1F. The Morgan fingerprint density at radius 2 is 1.81 bits per heavy atom. The number of fused-ring (bicyclic) bond motifs is 1. The van der Waals surface area contributed by atoms with E-state index < -0.39 is 5.82 Å². The quantitative estimate of drug-likeness (QED) is 0.674. The molecule has 4 nitrogen and oxygen atoms in total. The molecule has 1 aliphatic heterocycles. The maximum atomic E-state index is 14.6. The summed E-state index contributed by atoms with van der Waals surface area (Å²) in [6.45, 7) is 5.74. The van der Waals surface area contributed by atoms with Gasteiger partial charge in [0, 0.05) is 30.5 Å². The number of nitrogens with zero attached hydrogens (tertiary/aromatic N) is 1. The summed E-state index contributed by atoms with van der Waals surface area (Å²) in [7, 11) is 0. The molecule has 0 bridgehead atoms. The topological polar surface area (TPSA) is 44.4 Å². The van der Waals surface area contributed by atoms with Gasteiger partial charge in [-0.25, -0.2) is 8.78 Å². The molecule has 2 N–H and O–H groups in total. The number of hydrogen-bond acceptors (Lipinski definition) is 3. The Hall–Kier alpha value is -2.89. The Balaban J connectivity index is 1.80. The highest BCUT2D eigenvalue weighted by Crippen LogP contribution is 2.32.